The summed E-state index contributed by atoms with van der Waals surface area (Å²) in [5.74, 6) is -4.24. The van der Waals surface area contributed by atoms with Crippen molar-refractivity contribution in [3.05, 3.63) is 87.2 Å². The summed E-state index contributed by atoms with van der Waals surface area (Å²) in [4.78, 5) is 86.5. The van der Waals surface area contributed by atoms with Crippen LogP contribution in [0.3, 0.4) is 0 Å². The minimum absolute atomic E-state index is 0.122. The van der Waals surface area contributed by atoms with Gasteiger partial charge in [-0.25, -0.2) is 4.79 Å². The van der Waals surface area contributed by atoms with Crippen LogP contribution in [-0.4, -0.2) is 77.1 Å². The van der Waals surface area contributed by atoms with E-state index in [0.717, 1.165) is 36.7 Å². The number of carbonyl (C=O) groups is 7. The molecule has 0 bridgehead atoms. The Bertz CT molecular complexity index is 1950. The Balaban J connectivity index is 2.71. The zero-order chi connectivity index (χ0) is 41.9. The first-order valence-corrected chi connectivity index (χ1v) is 19.9. The molecule has 1 rings (SSSR count). The van der Waals surface area contributed by atoms with Crippen LogP contribution >= 0.6 is 11.8 Å². The van der Waals surface area contributed by atoms with E-state index < -0.39 is 78.0 Å². The summed E-state index contributed by atoms with van der Waals surface area (Å²) in [7, 11) is 1.29. The molecule has 2 amide bonds. The second-order valence-electron chi connectivity index (χ2n) is 12.6. The molecule has 1 saturated heterocycles. The summed E-state index contributed by atoms with van der Waals surface area (Å²) in [6, 6.07) is 0. The summed E-state index contributed by atoms with van der Waals surface area (Å²) in [6.45, 7) is 4.59. The number of Topliss-reactive ketones (excluding diaryl/α,β-unsaturated/α-hetero) is 1. The summed E-state index contributed by atoms with van der Waals surface area (Å²) >= 11 is 0.449. The van der Waals surface area contributed by atoms with Gasteiger partial charge in [-0.1, -0.05) is 107 Å². The monoisotopic (exact) mass is 795 g/mol. The van der Waals surface area contributed by atoms with Crippen LogP contribution < -0.4 is 0 Å². The van der Waals surface area contributed by atoms with Gasteiger partial charge in [0, 0.05) is 26.3 Å². The molecule has 1 aliphatic heterocycles. The predicted molar refractivity (Wildman–Crippen MR) is 211 cm³/mol. The van der Waals surface area contributed by atoms with Gasteiger partial charge < -0.3 is 14.2 Å². The van der Waals surface area contributed by atoms with Gasteiger partial charge in [0.15, 0.2) is 6.10 Å². The Labute approximate surface area is 338 Å². The van der Waals surface area contributed by atoms with Crippen molar-refractivity contribution >= 4 is 52.4 Å². The highest BCUT2D eigenvalue weighted by molar-refractivity contribution is 8.16. The third-order valence-corrected chi connectivity index (χ3v) is 9.07. The van der Waals surface area contributed by atoms with Gasteiger partial charge in [-0.3, -0.25) is 33.7 Å². The quantitative estimate of drug-likeness (QED) is 0.0178. The lowest BCUT2D eigenvalue weighted by Gasteiger charge is -2.17. The second kappa shape index (κ2) is 32.4. The zero-order valence-corrected chi connectivity index (χ0v) is 33.6. The number of rotatable bonds is 25. The Morgan fingerprint density at radius 3 is 1.74 bits per heavy atom. The van der Waals surface area contributed by atoms with Crippen molar-refractivity contribution in [2.75, 3.05) is 20.3 Å². The number of amides is 2. The van der Waals surface area contributed by atoms with E-state index in [0.29, 0.717) is 18.2 Å². The van der Waals surface area contributed by atoms with Crippen LogP contribution in [-0.2, 0) is 47.8 Å². The average molecular weight is 796 g/mol. The molecule has 12 heteroatoms. The van der Waals surface area contributed by atoms with Gasteiger partial charge in [0.2, 0.25) is 17.6 Å². The first-order chi connectivity index (χ1) is 27.6. The van der Waals surface area contributed by atoms with E-state index in [1.54, 1.807) is 0 Å². The Hall–Kier alpha value is -5.88. The maximum absolute atomic E-state index is 12.6. The number of thioether (sulfide) groups is 1. The van der Waals surface area contributed by atoms with E-state index >= 15 is 0 Å². The van der Waals surface area contributed by atoms with Crippen molar-refractivity contribution in [2.45, 2.75) is 127 Å². The van der Waals surface area contributed by atoms with Gasteiger partial charge in [0.1, 0.15) is 18.5 Å². The van der Waals surface area contributed by atoms with Crippen molar-refractivity contribution in [1.82, 2.24) is 4.90 Å². The van der Waals surface area contributed by atoms with E-state index in [1.165, 1.54) is 58.4 Å². The average Bonchev–Trinajstić information content (AvgIpc) is 3.43. The van der Waals surface area contributed by atoms with Gasteiger partial charge in [-0.15, -0.1) is 0 Å². The summed E-state index contributed by atoms with van der Waals surface area (Å²) < 4.78 is 15.8. The topological polar surface area (TPSA) is 150 Å². The Morgan fingerprint density at radius 2 is 1.21 bits per heavy atom. The zero-order valence-electron chi connectivity index (χ0n) is 32.8. The summed E-state index contributed by atoms with van der Waals surface area (Å²) in [5.41, 5.74) is 31.6. The molecule has 0 radical (unpaired) electrons. The van der Waals surface area contributed by atoms with E-state index in [4.69, 9.17) is 14.2 Å². The van der Waals surface area contributed by atoms with E-state index in [9.17, 15) is 33.6 Å². The fraction of sp³-hybridized carbons (Fsp3) is 0.511. The Kier molecular flexibility index (Phi) is 27.9. The minimum Gasteiger partial charge on any atom is -0.462 e. The number of esters is 3. The molecule has 0 aromatic heterocycles. The maximum atomic E-state index is 12.6. The van der Waals surface area contributed by atoms with Crippen LogP contribution in [0.1, 0.15) is 116 Å². The summed E-state index contributed by atoms with van der Waals surface area (Å²) in [6.07, 6.45) is 13.7. The van der Waals surface area contributed by atoms with Crippen LogP contribution in [0.15, 0.2) is 87.2 Å². The van der Waals surface area contributed by atoms with E-state index in [2.05, 4.69) is 88.0 Å². The molecule has 0 N–H and O–H groups in total. The molecule has 0 aromatic rings. The second-order valence-corrected chi connectivity index (χ2v) is 13.7. The number of unbranched alkanes of at least 4 members (excludes halogenated alkanes) is 12. The third kappa shape index (κ3) is 25.8. The molecule has 2 unspecified atom stereocenters. The van der Waals surface area contributed by atoms with Gasteiger partial charge in [-0.05, 0) is 76.0 Å². The molecule has 0 aliphatic carbocycles. The first kappa shape index (κ1) is 49.1. The molecule has 1 heterocycles. The van der Waals surface area contributed by atoms with Crippen molar-refractivity contribution < 1.29 is 47.8 Å². The van der Waals surface area contributed by atoms with Crippen LogP contribution in [0.25, 0.3) is 0 Å². The lowest BCUT2D eigenvalue weighted by atomic mass is 10.0. The molecule has 300 valence electrons. The van der Waals surface area contributed by atoms with Gasteiger partial charge in [0.25, 0.3) is 5.12 Å². The molecule has 0 spiro atoms. The molecular weight excluding hydrogens is 747 g/mol. The van der Waals surface area contributed by atoms with Crippen LogP contribution in [0.2, 0.25) is 0 Å². The summed E-state index contributed by atoms with van der Waals surface area (Å²) in [5, 5.41) is -1.94. The molecule has 1 aliphatic rings. The van der Waals surface area contributed by atoms with Crippen molar-refractivity contribution in [3.8, 4) is 0 Å². The van der Waals surface area contributed by atoms with Crippen molar-refractivity contribution in [3.63, 3.8) is 0 Å². The molecule has 1 fully saturated rings. The number of hydrogen-bond acceptors (Lipinski definition) is 11. The van der Waals surface area contributed by atoms with Crippen LogP contribution in [0, 0.1) is 0 Å². The smallest absolute Gasteiger partial charge is 0.339 e. The number of ether oxygens (including phenoxy) is 3. The van der Waals surface area contributed by atoms with Crippen LogP contribution in [0.5, 0.6) is 0 Å². The molecule has 0 saturated carbocycles. The molecule has 2 atom stereocenters. The number of ketones is 1. The van der Waals surface area contributed by atoms with Gasteiger partial charge in [0.05, 0.1) is 12.5 Å². The number of carbonyl (C=O) groups excluding carboxylic acids is 7. The fourth-order valence-corrected chi connectivity index (χ4v) is 5.88. The highest BCUT2D eigenvalue weighted by Crippen LogP contribution is 2.25. The molecule has 57 heavy (non-hydrogen) atoms. The lowest BCUT2D eigenvalue weighted by Crippen LogP contribution is -2.30. The lowest BCUT2D eigenvalue weighted by molar-refractivity contribution is -0.165. The van der Waals surface area contributed by atoms with E-state index in [1.807, 2.05) is 0 Å². The number of imide groups is 1. The minimum atomic E-state index is -1.15. The van der Waals surface area contributed by atoms with Gasteiger partial charge >= 0.3 is 17.9 Å². The molecular formula is C45H49NO10S. The SMILES string of the molecule is C=C=C=C=C=C=C=C=C=C=C=C=C=C=CC(=O)OCC(COC(=O)CCC(=O)C(=O)SC1CC(=O)N(C)C1=O)OC(=O)CCCCCCCCCCCCCCC. The maximum Gasteiger partial charge on any atom is 0.339 e. The number of nitrogens with zero attached hydrogens (tertiary/aromatic N) is 1. The standard InChI is InChI=1S/C45H49NO10S/c1-4-6-8-10-12-14-16-18-20-22-24-26-28-30-41(49)54-35-37(56-43(51)31-29-27-25-23-21-19-17-15-13-11-9-7-5-2)36-55-42(50)33-32-38(47)45(53)57-39-34-40(48)46(3)44(39)52/h30,37,39H,1,5,7,9,11,13,15,17,19,21,23,25,27,29,31-36H2,2-3H3. The Morgan fingerprint density at radius 1 is 0.702 bits per heavy atom. The normalized spacial score (nSPS) is 12.6. The van der Waals surface area contributed by atoms with Crippen LogP contribution in [0.4, 0.5) is 0 Å². The van der Waals surface area contributed by atoms with Crippen molar-refractivity contribution in [1.29, 1.82) is 0 Å². The van der Waals surface area contributed by atoms with E-state index in [-0.39, 0.29) is 12.8 Å². The fourth-order valence-electron chi connectivity index (χ4n) is 4.91. The number of likely N-dealkylation sites (tertiary alicyclic amines) is 1. The van der Waals surface area contributed by atoms with Crippen molar-refractivity contribution in [2.24, 2.45) is 0 Å². The van der Waals surface area contributed by atoms with Gasteiger partial charge in [-0.2, -0.15) is 0 Å². The predicted octanol–water partition coefficient (Wildman–Crippen LogP) is 7.03. The largest absolute Gasteiger partial charge is 0.462 e. The third-order valence-electron chi connectivity index (χ3n) is 7.97. The highest BCUT2D eigenvalue weighted by atomic mass is 32.2. The molecule has 0 aromatic carbocycles. The molecule has 11 nitrogen and oxygen atoms in total. The first-order valence-electron chi connectivity index (χ1n) is 19.0. The number of hydrogen-bond donors (Lipinski definition) is 0. The highest BCUT2D eigenvalue weighted by Gasteiger charge is 2.39.